The molecule has 0 aliphatic heterocycles. The number of nitrogens with one attached hydrogen (secondary N) is 2. The molecule has 1 aliphatic carbocycles. The van der Waals surface area contributed by atoms with Crippen molar-refractivity contribution in [2.45, 2.75) is 51.7 Å². The van der Waals surface area contributed by atoms with Crippen molar-refractivity contribution in [2.75, 3.05) is 6.54 Å². The van der Waals surface area contributed by atoms with Crippen LogP contribution in [0.15, 0.2) is 12.4 Å². The Morgan fingerprint density at radius 1 is 1.56 bits per heavy atom. The van der Waals surface area contributed by atoms with E-state index in [1.807, 2.05) is 12.4 Å². The summed E-state index contributed by atoms with van der Waals surface area (Å²) in [5.41, 5.74) is 0. The van der Waals surface area contributed by atoms with Crippen molar-refractivity contribution in [3.05, 3.63) is 18.2 Å². The van der Waals surface area contributed by atoms with Gasteiger partial charge in [0.05, 0.1) is 6.54 Å². The molecule has 1 amide bonds. The summed E-state index contributed by atoms with van der Waals surface area (Å²) in [5, 5.41) is 6.32. The number of carbonyl (C=O) groups is 1. The van der Waals surface area contributed by atoms with E-state index in [2.05, 4.69) is 27.1 Å². The lowest BCUT2D eigenvalue weighted by Gasteiger charge is -2.07. The van der Waals surface area contributed by atoms with E-state index >= 15 is 0 Å². The van der Waals surface area contributed by atoms with Crippen LogP contribution in [0.2, 0.25) is 0 Å². The van der Waals surface area contributed by atoms with Gasteiger partial charge in [0.15, 0.2) is 0 Å². The topological polar surface area (TPSA) is 59.0 Å². The highest BCUT2D eigenvalue weighted by Gasteiger charge is 2.22. The Hall–Kier alpha value is -1.36. The number of rotatable bonds is 8. The van der Waals surface area contributed by atoms with Crippen LogP contribution in [-0.4, -0.2) is 28.0 Å². The van der Waals surface area contributed by atoms with Crippen LogP contribution in [0.3, 0.4) is 0 Å². The summed E-state index contributed by atoms with van der Waals surface area (Å²) in [6, 6.07) is 0.475. The molecule has 18 heavy (non-hydrogen) atoms. The molecule has 0 unspecified atom stereocenters. The SMILES string of the molecule is CCn1ccnc1CNCCCC(=O)NC1CC1. The Kier molecular flexibility index (Phi) is 4.75. The van der Waals surface area contributed by atoms with Crippen LogP contribution < -0.4 is 10.6 Å². The third-order valence-corrected chi connectivity index (χ3v) is 3.13. The third kappa shape index (κ3) is 4.14. The second-order valence-corrected chi connectivity index (χ2v) is 4.75. The zero-order valence-corrected chi connectivity index (χ0v) is 11.0. The van der Waals surface area contributed by atoms with Crippen LogP contribution in [0.5, 0.6) is 0 Å². The van der Waals surface area contributed by atoms with Gasteiger partial charge in [0, 0.05) is 31.4 Å². The molecule has 2 rings (SSSR count). The van der Waals surface area contributed by atoms with Gasteiger partial charge in [-0.3, -0.25) is 4.79 Å². The van der Waals surface area contributed by atoms with E-state index in [0.717, 1.165) is 44.7 Å². The molecule has 2 N–H and O–H groups in total. The van der Waals surface area contributed by atoms with E-state index in [9.17, 15) is 4.79 Å². The number of imidazole rings is 1. The van der Waals surface area contributed by atoms with Gasteiger partial charge in [0.1, 0.15) is 5.82 Å². The normalized spacial score (nSPS) is 14.7. The number of nitrogens with zero attached hydrogens (tertiary/aromatic N) is 2. The molecular formula is C13H22N4O. The molecule has 5 heteroatoms. The van der Waals surface area contributed by atoms with E-state index in [1.54, 1.807) is 0 Å². The molecule has 1 saturated carbocycles. The summed E-state index contributed by atoms with van der Waals surface area (Å²) in [5.74, 6) is 1.24. The smallest absolute Gasteiger partial charge is 0.220 e. The van der Waals surface area contributed by atoms with Crippen LogP contribution in [0.25, 0.3) is 0 Å². The molecule has 1 fully saturated rings. The Morgan fingerprint density at radius 2 is 2.39 bits per heavy atom. The first-order valence-electron chi connectivity index (χ1n) is 6.79. The van der Waals surface area contributed by atoms with Gasteiger partial charge < -0.3 is 15.2 Å². The average Bonchev–Trinajstić information content (AvgIpc) is 3.05. The molecule has 0 spiro atoms. The predicted octanol–water partition coefficient (Wildman–Crippen LogP) is 1.05. The largest absolute Gasteiger partial charge is 0.353 e. The lowest BCUT2D eigenvalue weighted by Crippen LogP contribution is -2.26. The molecule has 100 valence electrons. The molecule has 1 aliphatic rings. The van der Waals surface area contributed by atoms with Crippen LogP contribution in [0.4, 0.5) is 0 Å². The zero-order valence-electron chi connectivity index (χ0n) is 11.0. The molecule has 1 heterocycles. The van der Waals surface area contributed by atoms with Gasteiger partial charge in [0.25, 0.3) is 0 Å². The third-order valence-electron chi connectivity index (χ3n) is 3.13. The summed E-state index contributed by atoms with van der Waals surface area (Å²) in [6.45, 7) is 4.67. The molecule has 1 aromatic heterocycles. The van der Waals surface area contributed by atoms with Crippen LogP contribution in [0, 0.1) is 0 Å². The minimum Gasteiger partial charge on any atom is -0.353 e. The van der Waals surface area contributed by atoms with E-state index in [4.69, 9.17) is 0 Å². The van der Waals surface area contributed by atoms with Crippen LogP contribution in [0.1, 0.15) is 38.4 Å². The van der Waals surface area contributed by atoms with Gasteiger partial charge in [-0.15, -0.1) is 0 Å². The first kappa shape index (κ1) is 13.1. The van der Waals surface area contributed by atoms with Crippen LogP contribution >= 0.6 is 0 Å². The maximum atomic E-state index is 11.4. The van der Waals surface area contributed by atoms with E-state index in [-0.39, 0.29) is 5.91 Å². The van der Waals surface area contributed by atoms with Gasteiger partial charge in [-0.1, -0.05) is 0 Å². The van der Waals surface area contributed by atoms with Gasteiger partial charge in [-0.2, -0.15) is 0 Å². The standard InChI is InChI=1S/C13H22N4O/c1-2-17-9-8-15-12(17)10-14-7-3-4-13(18)16-11-5-6-11/h8-9,11,14H,2-7,10H2,1H3,(H,16,18). The van der Waals surface area contributed by atoms with Crippen molar-refractivity contribution in [1.82, 2.24) is 20.2 Å². The van der Waals surface area contributed by atoms with Crippen molar-refractivity contribution in [3.63, 3.8) is 0 Å². The summed E-state index contributed by atoms with van der Waals surface area (Å²) >= 11 is 0. The number of hydrogen-bond donors (Lipinski definition) is 2. The predicted molar refractivity (Wildman–Crippen MR) is 70.0 cm³/mol. The first-order chi connectivity index (χ1) is 8.79. The minimum absolute atomic E-state index is 0.189. The van der Waals surface area contributed by atoms with Crippen molar-refractivity contribution >= 4 is 5.91 Å². The minimum atomic E-state index is 0.189. The molecule has 0 saturated heterocycles. The number of hydrogen-bond acceptors (Lipinski definition) is 3. The molecule has 1 aromatic rings. The fraction of sp³-hybridized carbons (Fsp3) is 0.692. The highest BCUT2D eigenvalue weighted by molar-refractivity contribution is 5.76. The highest BCUT2D eigenvalue weighted by Crippen LogP contribution is 2.18. The van der Waals surface area contributed by atoms with Crippen molar-refractivity contribution in [1.29, 1.82) is 0 Å². The van der Waals surface area contributed by atoms with Gasteiger partial charge >= 0.3 is 0 Å². The number of carbonyl (C=O) groups excluding carboxylic acids is 1. The summed E-state index contributed by atoms with van der Waals surface area (Å²) < 4.78 is 2.12. The quantitative estimate of drug-likeness (QED) is 0.678. The fourth-order valence-corrected chi connectivity index (χ4v) is 1.90. The monoisotopic (exact) mass is 250 g/mol. The lowest BCUT2D eigenvalue weighted by atomic mass is 10.3. The Balaban J connectivity index is 1.54. The van der Waals surface area contributed by atoms with E-state index < -0.39 is 0 Å². The number of amides is 1. The van der Waals surface area contributed by atoms with E-state index in [1.165, 1.54) is 0 Å². The molecule has 0 radical (unpaired) electrons. The van der Waals surface area contributed by atoms with Crippen molar-refractivity contribution in [3.8, 4) is 0 Å². The zero-order chi connectivity index (χ0) is 12.8. The Labute approximate surface area is 108 Å². The molecular weight excluding hydrogens is 228 g/mol. The summed E-state index contributed by atoms with van der Waals surface area (Å²) in [7, 11) is 0. The highest BCUT2D eigenvalue weighted by atomic mass is 16.1. The second-order valence-electron chi connectivity index (χ2n) is 4.75. The fourth-order valence-electron chi connectivity index (χ4n) is 1.90. The summed E-state index contributed by atoms with van der Waals surface area (Å²) in [6.07, 6.45) is 7.62. The maximum absolute atomic E-state index is 11.4. The number of aryl methyl sites for hydroxylation is 1. The maximum Gasteiger partial charge on any atom is 0.220 e. The van der Waals surface area contributed by atoms with Crippen molar-refractivity contribution < 1.29 is 4.79 Å². The van der Waals surface area contributed by atoms with Gasteiger partial charge in [0.2, 0.25) is 5.91 Å². The number of aromatic nitrogens is 2. The first-order valence-corrected chi connectivity index (χ1v) is 6.79. The molecule has 5 nitrogen and oxygen atoms in total. The molecule has 0 aromatic carbocycles. The van der Waals surface area contributed by atoms with Gasteiger partial charge in [-0.25, -0.2) is 4.98 Å². The summed E-state index contributed by atoms with van der Waals surface area (Å²) in [4.78, 5) is 15.7. The second kappa shape index (κ2) is 6.54. The van der Waals surface area contributed by atoms with Gasteiger partial charge in [-0.05, 0) is 32.7 Å². The van der Waals surface area contributed by atoms with Crippen LogP contribution in [-0.2, 0) is 17.9 Å². The molecule has 0 atom stereocenters. The Morgan fingerprint density at radius 3 is 3.11 bits per heavy atom. The average molecular weight is 250 g/mol. The lowest BCUT2D eigenvalue weighted by molar-refractivity contribution is -0.121. The molecule has 0 bridgehead atoms. The Bertz CT molecular complexity index is 384. The van der Waals surface area contributed by atoms with Crippen molar-refractivity contribution in [2.24, 2.45) is 0 Å². The van der Waals surface area contributed by atoms with E-state index in [0.29, 0.717) is 12.5 Å².